The first-order valence-corrected chi connectivity index (χ1v) is 10.8. The molecule has 2 aromatic rings. The van der Waals surface area contributed by atoms with Gasteiger partial charge in [-0.1, -0.05) is 24.3 Å². The molecule has 0 saturated heterocycles. The average Bonchev–Trinajstić information content (AvgIpc) is 3.46. The molecule has 7 heteroatoms. The Morgan fingerprint density at radius 2 is 2.07 bits per heavy atom. The maximum absolute atomic E-state index is 4.71. The topological polar surface area (TPSA) is 68.3 Å². The van der Waals surface area contributed by atoms with Gasteiger partial charge in [-0.15, -0.1) is 0 Å². The highest BCUT2D eigenvalue weighted by atomic mass is 79.9. The number of fused-ring (bicyclic) bond motifs is 1. The first kappa shape index (κ1) is 17.9. The third-order valence-corrected chi connectivity index (χ3v) is 6.44. The Balaban J connectivity index is 1.32. The molecule has 1 aromatic carbocycles. The number of allylic oxidation sites excluding steroid dienone is 1. The number of aromatic amines is 1. The zero-order valence-electron chi connectivity index (χ0n) is 16.0. The predicted molar refractivity (Wildman–Crippen MR) is 115 cm³/mol. The molecule has 2 heterocycles. The van der Waals surface area contributed by atoms with E-state index in [1.807, 2.05) is 6.21 Å². The van der Waals surface area contributed by atoms with Gasteiger partial charge in [0.2, 0.25) is 0 Å². The Labute approximate surface area is 173 Å². The molecule has 0 amide bonds. The second-order valence-corrected chi connectivity index (χ2v) is 8.73. The number of hydrogen-bond acceptors (Lipinski definition) is 5. The minimum Gasteiger partial charge on any atom is -0.326 e. The number of nitrogens with one attached hydrogen (secondary N) is 3. The third-order valence-electron chi connectivity index (χ3n) is 5.86. The lowest BCUT2D eigenvalue weighted by atomic mass is 9.88. The van der Waals surface area contributed by atoms with E-state index in [0.717, 1.165) is 22.5 Å². The summed E-state index contributed by atoms with van der Waals surface area (Å²) in [5.74, 6) is 2.47. The van der Waals surface area contributed by atoms with Crippen LogP contribution < -0.4 is 10.6 Å². The Kier molecular flexibility index (Phi) is 4.72. The van der Waals surface area contributed by atoms with E-state index in [0.29, 0.717) is 12.0 Å². The molecule has 3 N–H and O–H groups in total. The molecule has 28 heavy (non-hydrogen) atoms. The fraction of sp³-hybridized carbons (Fsp3) is 0.429. The molecule has 3 aliphatic rings. The summed E-state index contributed by atoms with van der Waals surface area (Å²) in [5.41, 5.74) is 4.08. The molecule has 6 nitrogen and oxygen atoms in total. The van der Waals surface area contributed by atoms with Crippen molar-refractivity contribution in [1.82, 2.24) is 20.4 Å². The van der Waals surface area contributed by atoms with Crippen LogP contribution in [0.4, 0.5) is 5.82 Å². The molecule has 2 aliphatic carbocycles. The van der Waals surface area contributed by atoms with Crippen LogP contribution in [0.3, 0.4) is 0 Å². The number of hydrogen-bond donors (Lipinski definition) is 3. The number of H-pyrrole nitrogens is 1. The number of benzene rings is 1. The van der Waals surface area contributed by atoms with Gasteiger partial charge in [-0.2, -0.15) is 5.10 Å². The zero-order valence-corrected chi connectivity index (χ0v) is 17.5. The van der Waals surface area contributed by atoms with Crippen LogP contribution in [-0.2, 0) is 6.42 Å². The van der Waals surface area contributed by atoms with Gasteiger partial charge >= 0.3 is 0 Å². The van der Waals surface area contributed by atoms with Crippen LogP contribution in [0.1, 0.15) is 54.5 Å². The number of rotatable bonds is 5. The van der Waals surface area contributed by atoms with Gasteiger partial charge in [0.15, 0.2) is 12.1 Å². The molecule has 0 bridgehead atoms. The van der Waals surface area contributed by atoms with Crippen LogP contribution >= 0.6 is 15.9 Å². The highest BCUT2D eigenvalue weighted by Gasteiger charge is 2.29. The Morgan fingerprint density at radius 3 is 2.93 bits per heavy atom. The first-order valence-electron chi connectivity index (χ1n) is 10.0. The minimum absolute atomic E-state index is 0.123. The molecule has 146 valence electrons. The van der Waals surface area contributed by atoms with Crippen molar-refractivity contribution < 1.29 is 0 Å². The maximum Gasteiger partial charge on any atom is 0.177 e. The van der Waals surface area contributed by atoms with Crippen molar-refractivity contribution in [2.24, 2.45) is 4.99 Å². The maximum atomic E-state index is 4.71. The lowest BCUT2D eigenvalue weighted by Gasteiger charge is -2.37. The molecule has 2 atom stereocenters. The van der Waals surface area contributed by atoms with E-state index in [2.05, 4.69) is 79.0 Å². The van der Waals surface area contributed by atoms with E-state index < -0.39 is 0 Å². The molecule has 1 aromatic heterocycles. The third kappa shape index (κ3) is 3.49. The monoisotopic (exact) mass is 440 g/mol. The van der Waals surface area contributed by atoms with E-state index in [-0.39, 0.29) is 6.29 Å². The van der Waals surface area contributed by atoms with Crippen LogP contribution in [-0.4, -0.2) is 34.6 Å². The second kappa shape index (κ2) is 7.37. The second-order valence-electron chi connectivity index (χ2n) is 7.88. The van der Waals surface area contributed by atoms with Crippen molar-refractivity contribution in [2.75, 3.05) is 12.4 Å². The number of aromatic nitrogens is 2. The normalized spacial score (nSPS) is 24.4. The molecule has 1 saturated carbocycles. The Hall–Kier alpha value is -2.12. The quantitative estimate of drug-likeness (QED) is 0.650. The van der Waals surface area contributed by atoms with Gasteiger partial charge in [-0.05, 0) is 59.2 Å². The van der Waals surface area contributed by atoms with Crippen LogP contribution in [0.2, 0.25) is 0 Å². The van der Waals surface area contributed by atoms with Gasteiger partial charge in [0.05, 0.1) is 4.48 Å². The molecule has 0 spiro atoms. The summed E-state index contributed by atoms with van der Waals surface area (Å²) < 4.78 is 0.924. The molecule has 2 unspecified atom stereocenters. The van der Waals surface area contributed by atoms with Crippen molar-refractivity contribution in [3.8, 4) is 0 Å². The van der Waals surface area contributed by atoms with Gasteiger partial charge < -0.3 is 10.2 Å². The highest BCUT2D eigenvalue weighted by Crippen LogP contribution is 2.39. The van der Waals surface area contributed by atoms with E-state index in [1.165, 1.54) is 42.5 Å². The minimum atomic E-state index is -0.123. The van der Waals surface area contributed by atoms with Gasteiger partial charge in [-0.25, -0.2) is 0 Å². The summed E-state index contributed by atoms with van der Waals surface area (Å²) in [6.07, 6.45) is 7.78. The zero-order chi connectivity index (χ0) is 19.1. The summed E-state index contributed by atoms with van der Waals surface area (Å²) in [6, 6.07) is 11.2. The first-order chi connectivity index (χ1) is 13.7. The van der Waals surface area contributed by atoms with Crippen LogP contribution in [0.25, 0.3) is 0 Å². The molecule has 1 aliphatic heterocycles. The number of halogens is 1. The van der Waals surface area contributed by atoms with Gasteiger partial charge in [0.25, 0.3) is 0 Å². The fourth-order valence-corrected chi connectivity index (χ4v) is 4.62. The van der Waals surface area contributed by atoms with Gasteiger partial charge in [0, 0.05) is 37.0 Å². The van der Waals surface area contributed by atoms with Crippen molar-refractivity contribution in [2.45, 2.75) is 50.4 Å². The molecule has 5 rings (SSSR count). The van der Waals surface area contributed by atoms with Crippen molar-refractivity contribution in [1.29, 1.82) is 0 Å². The number of aryl methyl sites for hydroxylation is 1. The van der Waals surface area contributed by atoms with E-state index in [9.17, 15) is 0 Å². The smallest absolute Gasteiger partial charge is 0.177 e. The summed E-state index contributed by atoms with van der Waals surface area (Å²) in [7, 11) is 2.06. The van der Waals surface area contributed by atoms with Crippen molar-refractivity contribution in [3.05, 3.63) is 57.5 Å². The van der Waals surface area contributed by atoms with E-state index >= 15 is 0 Å². The number of aliphatic imine (C=N–C) groups is 1. The van der Waals surface area contributed by atoms with Crippen molar-refractivity contribution in [3.63, 3.8) is 0 Å². The van der Waals surface area contributed by atoms with Crippen LogP contribution in [0.15, 0.2) is 45.6 Å². The average molecular weight is 441 g/mol. The standard InChI is InChI=1S/C21H25BrN6/c1-28-20(25-19-11-18(26-27-19)14-9-10-14)16(22)12-23-21(28)24-17-8-4-6-13-5-2-3-7-15(13)17/h2-3,5,7,11-12,14,17,21,24H,4,6,8-10H2,1H3,(H2,25,26,27). The van der Waals surface area contributed by atoms with Crippen molar-refractivity contribution >= 4 is 28.0 Å². The Morgan fingerprint density at radius 1 is 1.21 bits per heavy atom. The fourth-order valence-electron chi connectivity index (χ4n) is 4.12. The lowest BCUT2D eigenvalue weighted by molar-refractivity contribution is 0.230. The molecular formula is C21H25BrN6. The Bertz CT molecular complexity index is 928. The van der Waals surface area contributed by atoms with Crippen LogP contribution in [0.5, 0.6) is 0 Å². The van der Waals surface area contributed by atoms with Gasteiger partial charge in [-0.3, -0.25) is 15.4 Å². The summed E-state index contributed by atoms with van der Waals surface area (Å²) >= 11 is 3.64. The summed E-state index contributed by atoms with van der Waals surface area (Å²) in [6.45, 7) is 0. The van der Waals surface area contributed by atoms with E-state index in [1.54, 1.807) is 0 Å². The predicted octanol–water partition coefficient (Wildman–Crippen LogP) is 4.23. The number of anilines is 1. The summed E-state index contributed by atoms with van der Waals surface area (Å²) in [5, 5.41) is 14.8. The largest absolute Gasteiger partial charge is 0.326 e. The number of nitrogens with zero attached hydrogens (tertiary/aromatic N) is 3. The lowest BCUT2D eigenvalue weighted by Crippen LogP contribution is -2.47. The SMILES string of the molecule is CN1C(Nc2cc(C3CC3)[nH]n2)=C(Br)C=NC1NC1CCCc2ccccc21. The van der Waals surface area contributed by atoms with Gasteiger partial charge in [0.1, 0.15) is 5.82 Å². The molecular weight excluding hydrogens is 416 g/mol. The molecule has 0 radical (unpaired) electrons. The molecule has 1 fully saturated rings. The van der Waals surface area contributed by atoms with Crippen LogP contribution in [0, 0.1) is 0 Å². The highest BCUT2D eigenvalue weighted by molar-refractivity contribution is 9.12. The summed E-state index contributed by atoms with van der Waals surface area (Å²) in [4.78, 5) is 6.84. The van der Waals surface area contributed by atoms with E-state index in [4.69, 9.17) is 4.99 Å².